The molecule has 6 rings (SSSR count). The summed E-state index contributed by atoms with van der Waals surface area (Å²) in [5, 5.41) is 22.4. The van der Waals surface area contributed by atoms with E-state index < -0.39 is 12.1 Å². The first kappa shape index (κ1) is 35.1. The van der Waals surface area contributed by atoms with Gasteiger partial charge in [0.05, 0.1) is 44.5 Å². The molecule has 4 aromatic carbocycles. The first-order chi connectivity index (χ1) is 24.2. The molecule has 0 radical (unpaired) electrons. The Morgan fingerprint density at radius 2 is 1.58 bits per heavy atom. The molecule has 0 bridgehead atoms. The van der Waals surface area contributed by atoms with Gasteiger partial charge in [0.25, 0.3) is 0 Å². The maximum absolute atomic E-state index is 11.8. The average Bonchev–Trinajstić information content (AvgIpc) is 3.60. The third-order valence-electron chi connectivity index (χ3n) is 9.98. The number of nitrogens with zero attached hydrogens (tertiary/aromatic N) is 3. The molecule has 9 heteroatoms. The molecule has 4 atom stereocenters. The van der Waals surface area contributed by atoms with E-state index in [4.69, 9.17) is 23.7 Å². The summed E-state index contributed by atoms with van der Waals surface area (Å²) in [6.45, 7) is 9.04. The third kappa shape index (κ3) is 6.59. The van der Waals surface area contributed by atoms with Crippen LogP contribution in [0.3, 0.4) is 0 Å². The molecular formula is C41H47N3O6. The van der Waals surface area contributed by atoms with Gasteiger partial charge < -0.3 is 33.7 Å². The summed E-state index contributed by atoms with van der Waals surface area (Å²) in [5.41, 5.74) is 7.43. The van der Waals surface area contributed by atoms with Gasteiger partial charge in [0.2, 0.25) is 6.79 Å². The van der Waals surface area contributed by atoms with Crippen molar-refractivity contribution in [2.24, 2.45) is 0 Å². The number of hydrogen-bond acceptors (Lipinski definition) is 9. The highest BCUT2D eigenvalue weighted by Crippen LogP contribution is 2.55. The second kappa shape index (κ2) is 15.0. The van der Waals surface area contributed by atoms with E-state index in [1.165, 1.54) is 0 Å². The second-order valence-corrected chi connectivity index (χ2v) is 13.4. The molecule has 9 nitrogen and oxygen atoms in total. The van der Waals surface area contributed by atoms with Gasteiger partial charge in [-0.25, -0.2) is 0 Å². The van der Waals surface area contributed by atoms with Crippen LogP contribution in [-0.4, -0.2) is 61.6 Å². The lowest BCUT2D eigenvalue weighted by Gasteiger charge is -2.49. The SMILES string of the molecule is COc1c(C)cc(C)c([C@@H]([C@@H]2Cc3c(OCc4ccccc4)c(C)c4c(c3[C@H](COCc3ccccc3)N2[C@H](C)C#N)OCO4)N(C)C)c1O. The van der Waals surface area contributed by atoms with Crippen molar-refractivity contribution < 1.29 is 28.8 Å². The zero-order valence-corrected chi connectivity index (χ0v) is 30.0. The Morgan fingerprint density at radius 1 is 0.940 bits per heavy atom. The van der Waals surface area contributed by atoms with E-state index in [1.807, 2.05) is 102 Å². The highest BCUT2D eigenvalue weighted by Gasteiger charge is 2.48. The predicted octanol–water partition coefficient (Wildman–Crippen LogP) is 7.33. The monoisotopic (exact) mass is 677 g/mol. The van der Waals surface area contributed by atoms with E-state index in [0.29, 0.717) is 36.9 Å². The Labute approximate surface area is 295 Å². The molecule has 50 heavy (non-hydrogen) atoms. The fraction of sp³-hybridized carbons (Fsp3) is 0.390. The van der Waals surface area contributed by atoms with Crippen LogP contribution in [0.4, 0.5) is 0 Å². The Bertz CT molecular complexity index is 1860. The van der Waals surface area contributed by atoms with Gasteiger partial charge in [-0.05, 0) is 70.5 Å². The van der Waals surface area contributed by atoms with E-state index in [1.54, 1.807) is 7.11 Å². The lowest BCUT2D eigenvalue weighted by molar-refractivity contribution is -0.0134. The van der Waals surface area contributed by atoms with Gasteiger partial charge in [-0.2, -0.15) is 5.26 Å². The summed E-state index contributed by atoms with van der Waals surface area (Å²) in [5.74, 6) is 2.63. The van der Waals surface area contributed by atoms with Crippen LogP contribution < -0.4 is 18.9 Å². The van der Waals surface area contributed by atoms with Crippen molar-refractivity contribution in [1.29, 1.82) is 5.26 Å². The number of ether oxygens (including phenoxy) is 5. The van der Waals surface area contributed by atoms with Crippen LogP contribution >= 0.6 is 0 Å². The quantitative estimate of drug-likeness (QED) is 0.165. The molecule has 0 amide bonds. The van der Waals surface area contributed by atoms with Gasteiger partial charge >= 0.3 is 0 Å². The minimum atomic E-state index is -0.524. The molecule has 0 saturated carbocycles. The summed E-state index contributed by atoms with van der Waals surface area (Å²) in [6, 6.07) is 23.2. The fourth-order valence-electron chi connectivity index (χ4n) is 7.84. The predicted molar refractivity (Wildman–Crippen MR) is 192 cm³/mol. The lowest BCUT2D eigenvalue weighted by atomic mass is 9.79. The van der Waals surface area contributed by atoms with E-state index in [-0.39, 0.29) is 31.2 Å². The van der Waals surface area contributed by atoms with Gasteiger partial charge in [0.1, 0.15) is 12.4 Å². The third-order valence-corrected chi connectivity index (χ3v) is 9.98. The topological polar surface area (TPSA) is 96.7 Å². The molecule has 0 fully saturated rings. The number of nitriles is 1. The molecule has 2 heterocycles. The van der Waals surface area contributed by atoms with Crippen LogP contribution in [0.25, 0.3) is 0 Å². The van der Waals surface area contributed by atoms with Gasteiger partial charge in [-0.15, -0.1) is 0 Å². The molecule has 262 valence electrons. The lowest BCUT2D eigenvalue weighted by Crippen LogP contribution is -2.54. The van der Waals surface area contributed by atoms with Crippen molar-refractivity contribution in [2.45, 2.75) is 71.5 Å². The van der Waals surface area contributed by atoms with Crippen molar-refractivity contribution in [2.75, 3.05) is 34.6 Å². The van der Waals surface area contributed by atoms with E-state index in [0.717, 1.165) is 50.3 Å². The minimum Gasteiger partial charge on any atom is -0.504 e. The minimum absolute atomic E-state index is 0.0934. The Kier molecular flexibility index (Phi) is 10.5. The van der Waals surface area contributed by atoms with E-state index in [2.05, 4.69) is 21.9 Å². The molecule has 2 aliphatic heterocycles. The summed E-state index contributed by atoms with van der Waals surface area (Å²) in [4.78, 5) is 4.36. The summed E-state index contributed by atoms with van der Waals surface area (Å²) in [6.07, 6.45) is 0.510. The van der Waals surface area contributed by atoms with Crippen LogP contribution in [0.2, 0.25) is 0 Å². The Hall–Kier alpha value is -4.75. The molecule has 0 aromatic heterocycles. The van der Waals surface area contributed by atoms with Crippen molar-refractivity contribution in [3.8, 4) is 34.8 Å². The molecule has 0 spiro atoms. The molecule has 4 aromatic rings. The smallest absolute Gasteiger partial charge is 0.231 e. The maximum atomic E-state index is 11.8. The second-order valence-electron chi connectivity index (χ2n) is 13.4. The Balaban J connectivity index is 1.55. The van der Waals surface area contributed by atoms with Crippen LogP contribution in [0.15, 0.2) is 66.7 Å². The van der Waals surface area contributed by atoms with Gasteiger partial charge in [0.15, 0.2) is 23.0 Å². The number of aromatic hydroxyl groups is 1. The average molecular weight is 678 g/mol. The molecule has 1 N–H and O–H groups in total. The molecule has 0 aliphatic carbocycles. The summed E-state index contributed by atoms with van der Waals surface area (Å²) >= 11 is 0. The van der Waals surface area contributed by atoms with Crippen LogP contribution in [0, 0.1) is 32.1 Å². The zero-order chi connectivity index (χ0) is 35.5. The first-order valence-corrected chi connectivity index (χ1v) is 17.1. The highest BCUT2D eigenvalue weighted by molar-refractivity contribution is 5.66. The van der Waals surface area contributed by atoms with Gasteiger partial charge in [-0.1, -0.05) is 66.7 Å². The van der Waals surface area contributed by atoms with Crippen molar-refractivity contribution in [3.63, 3.8) is 0 Å². The molecule has 2 aliphatic rings. The van der Waals surface area contributed by atoms with Crippen LogP contribution in [0.1, 0.15) is 63.5 Å². The van der Waals surface area contributed by atoms with Crippen LogP contribution in [0.5, 0.6) is 28.7 Å². The van der Waals surface area contributed by atoms with Crippen LogP contribution in [-0.2, 0) is 24.4 Å². The van der Waals surface area contributed by atoms with Crippen molar-refractivity contribution in [3.05, 3.63) is 111 Å². The number of rotatable bonds is 12. The summed E-state index contributed by atoms with van der Waals surface area (Å²) in [7, 11) is 5.60. The molecule has 0 saturated heterocycles. The van der Waals surface area contributed by atoms with E-state index >= 15 is 0 Å². The standard InChI is InChI=1S/C41H47N3O6/c1-25-18-26(2)38(46-7)37(45)34(25)36(43(5)6)32-19-31-35(33(44(32)27(3)20-42)23-47-21-29-14-10-8-11-15-29)41-40(49-24-50-41)28(4)39(31)48-22-30-16-12-9-13-17-30/h8-18,27,32-33,36,45H,19,21-24H2,1-7H3/t27-,32+,33+,36-/m1/s1. The summed E-state index contributed by atoms with van der Waals surface area (Å²) < 4.78 is 31.3. The van der Waals surface area contributed by atoms with Crippen molar-refractivity contribution in [1.82, 2.24) is 9.80 Å². The van der Waals surface area contributed by atoms with Crippen molar-refractivity contribution >= 4 is 0 Å². The fourth-order valence-corrected chi connectivity index (χ4v) is 7.84. The normalized spacial score (nSPS) is 18.0. The number of phenols is 1. The Morgan fingerprint density at radius 3 is 2.20 bits per heavy atom. The maximum Gasteiger partial charge on any atom is 0.231 e. The molecule has 0 unspecified atom stereocenters. The highest BCUT2D eigenvalue weighted by atomic mass is 16.7. The molecular weight excluding hydrogens is 630 g/mol. The number of phenolic OH excluding ortho intramolecular Hbond substituents is 1. The number of aryl methyl sites for hydroxylation is 2. The number of fused-ring (bicyclic) bond motifs is 3. The number of benzene rings is 4. The number of methoxy groups -OCH3 is 1. The van der Waals surface area contributed by atoms with Gasteiger partial charge in [0, 0.05) is 28.3 Å². The number of hydrogen-bond donors (Lipinski definition) is 1. The zero-order valence-electron chi connectivity index (χ0n) is 30.0. The number of likely N-dealkylation sites (N-methyl/N-ethyl adjacent to an activating group) is 1. The largest absolute Gasteiger partial charge is 0.504 e. The first-order valence-electron chi connectivity index (χ1n) is 17.1. The van der Waals surface area contributed by atoms with E-state index in [9.17, 15) is 10.4 Å². The van der Waals surface area contributed by atoms with Gasteiger partial charge in [-0.3, -0.25) is 4.90 Å².